The number of imidazole rings is 1. The van der Waals surface area contributed by atoms with Gasteiger partial charge in [-0.3, -0.25) is 9.36 Å². The number of carbonyl (C=O) groups is 1. The third kappa shape index (κ3) is 2.17. The number of para-hydroxylation sites is 1. The predicted octanol–water partition coefficient (Wildman–Crippen LogP) is 2.74. The molecule has 0 fully saturated rings. The Labute approximate surface area is 104 Å². The van der Waals surface area contributed by atoms with Crippen molar-refractivity contribution in [1.29, 1.82) is 0 Å². The molecular weight excluding hydrogens is 240 g/mol. The summed E-state index contributed by atoms with van der Waals surface area (Å²) in [5, 5.41) is 0.146. The molecule has 2 rings (SSSR count). The fourth-order valence-electron chi connectivity index (χ4n) is 1.54. The van der Waals surface area contributed by atoms with E-state index >= 15 is 0 Å². The van der Waals surface area contributed by atoms with Gasteiger partial charge in [0.1, 0.15) is 5.69 Å². The lowest BCUT2D eigenvalue weighted by atomic mass is 10.3. The summed E-state index contributed by atoms with van der Waals surface area (Å²) in [6.45, 7) is 2.30. The molecule has 4 nitrogen and oxygen atoms in total. The van der Waals surface area contributed by atoms with Crippen LogP contribution in [0.15, 0.2) is 30.3 Å². The van der Waals surface area contributed by atoms with E-state index in [4.69, 9.17) is 16.3 Å². The van der Waals surface area contributed by atoms with Gasteiger partial charge in [0.05, 0.1) is 12.3 Å². The minimum atomic E-state index is 0.146. The highest BCUT2D eigenvalue weighted by atomic mass is 35.5. The van der Waals surface area contributed by atoms with E-state index in [1.807, 2.05) is 37.3 Å². The van der Waals surface area contributed by atoms with Crippen LogP contribution in [0.5, 0.6) is 6.01 Å². The van der Waals surface area contributed by atoms with E-state index in [1.165, 1.54) is 0 Å². The first-order valence-electron chi connectivity index (χ1n) is 5.19. The fraction of sp³-hybridized carbons (Fsp3) is 0.167. The van der Waals surface area contributed by atoms with Crippen molar-refractivity contribution in [2.45, 2.75) is 6.92 Å². The molecule has 0 saturated carbocycles. The molecule has 1 aromatic carbocycles. The number of carbonyl (C=O) groups excluding carboxylic acids is 1. The highest BCUT2D eigenvalue weighted by Crippen LogP contribution is 2.25. The van der Waals surface area contributed by atoms with Gasteiger partial charge in [-0.25, -0.2) is 0 Å². The number of halogens is 1. The van der Waals surface area contributed by atoms with Gasteiger partial charge in [-0.2, -0.15) is 4.98 Å². The van der Waals surface area contributed by atoms with Crippen molar-refractivity contribution in [3.63, 3.8) is 0 Å². The zero-order valence-corrected chi connectivity index (χ0v) is 10.0. The van der Waals surface area contributed by atoms with Crippen LogP contribution in [0.2, 0.25) is 5.15 Å². The zero-order chi connectivity index (χ0) is 12.3. The first-order chi connectivity index (χ1) is 8.27. The summed E-state index contributed by atoms with van der Waals surface area (Å²) in [6.07, 6.45) is 0.671. The van der Waals surface area contributed by atoms with Crippen molar-refractivity contribution in [1.82, 2.24) is 9.55 Å². The van der Waals surface area contributed by atoms with Gasteiger partial charge in [-0.15, -0.1) is 0 Å². The van der Waals surface area contributed by atoms with E-state index in [-0.39, 0.29) is 5.15 Å². The van der Waals surface area contributed by atoms with E-state index in [0.29, 0.717) is 24.6 Å². The van der Waals surface area contributed by atoms with E-state index in [9.17, 15) is 4.79 Å². The lowest BCUT2D eigenvalue weighted by molar-refractivity contribution is 0.111. The van der Waals surface area contributed by atoms with Crippen LogP contribution >= 0.6 is 11.6 Å². The molecule has 1 aromatic heterocycles. The van der Waals surface area contributed by atoms with Crippen LogP contribution in [-0.2, 0) is 0 Å². The topological polar surface area (TPSA) is 44.1 Å². The molecule has 0 N–H and O–H groups in total. The van der Waals surface area contributed by atoms with Crippen molar-refractivity contribution >= 4 is 17.9 Å². The molecule has 5 heteroatoms. The molecule has 0 amide bonds. The average molecular weight is 251 g/mol. The molecule has 0 spiro atoms. The Morgan fingerprint density at radius 1 is 1.41 bits per heavy atom. The summed E-state index contributed by atoms with van der Waals surface area (Å²) in [5.41, 5.74) is 1.08. The molecule has 0 aliphatic carbocycles. The number of rotatable bonds is 4. The van der Waals surface area contributed by atoms with Crippen molar-refractivity contribution in [3.8, 4) is 11.7 Å². The van der Waals surface area contributed by atoms with Crippen LogP contribution in [0, 0.1) is 0 Å². The van der Waals surface area contributed by atoms with E-state index < -0.39 is 0 Å². The van der Waals surface area contributed by atoms with Crippen LogP contribution in [0.3, 0.4) is 0 Å². The fourth-order valence-corrected chi connectivity index (χ4v) is 1.74. The number of benzene rings is 1. The SMILES string of the molecule is CCOc1nc(Cl)c(C=O)n1-c1ccccc1. The maximum atomic E-state index is 11.0. The summed E-state index contributed by atoms with van der Waals surface area (Å²) >= 11 is 5.89. The molecule has 0 unspecified atom stereocenters. The second-order valence-electron chi connectivity index (χ2n) is 3.29. The molecule has 1 heterocycles. The minimum absolute atomic E-state index is 0.146. The first-order valence-corrected chi connectivity index (χ1v) is 5.57. The van der Waals surface area contributed by atoms with Crippen LogP contribution in [-0.4, -0.2) is 22.4 Å². The van der Waals surface area contributed by atoms with Crippen molar-refractivity contribution in [2.24, 2.45) is 0 Å². The Morgan fingerprint density at radius 2 is 2.12 bits per heavy atom. The number of ether oxygens (including phenoxy) is 1. The van der Waals surface area contributed by atoms with Gasteiger partial charge in [-0.05, 0) is 19.1 Å². The quantitative estimate of drug-likeness (QED) is 0.784. The second-order valence-corrected chi connectivity index (χ2v) is 3.65. The minimum Gasteiger partial charge on any atom is -0.465 e. The molecule has 0 saturated heterocycles. The first kappa shape index (κ1) is 11.7. The Morgan fingerprint density at radius 3 is 2.71 bits per heavy atom. The third-order valence-electron chi connectivity index (χ3n) is 2.24. The van der Waals surface area contributed by atoms with Gasteiger partial charge in [-0.1, -0.05) is 29.8 Å². The largest absolute Gasteiger partial charge is 0.465 e. The molecule has 17 heavy (non-hydrogen) atoms. The Kier molecular flexibility index (Phi) is 3.44. The van der Waals surface area contributed by atoms with Crippen molar-refractivity contribution in [2.75, 3.05) is 6.61 Å². The molecule has 0 bridgehead atoms. The summed E-state index contributed by atoms with van der Waals surface area (Å²) < 4.78 is 6.96. The highest BCUT2D eigenvalue weighted by molar-refractivity contribution is 6.31. The van der Waals surface area contributed by atoms with Gasteiger partial charge in [0.25, 0.3) is 0 Å². The zero-order valence-electron chi connectivity index (χ0n) is 9.26. The molecule has 88 valence electrons. The smallest absolute Gasteiger partial charge is 0.303 e. The van der Waals surface area contributed by atoms with Gasteiger partial charge >= 0.3 is 6.01 Å². The number of aromatic nitrogens is 2. The predicted molar refractivity (Wildman–Crippen MR) is 65.1 cm³/mol. The average Bonchev–Trinajstić information content (AvgIpc) is 2.67. The monoisotopic (exact) mass is 250 g/mol. The van der Waals surface area contributed by atoms with Gasteiger partial charge in [0.2, 0.25) is 0 Å². The number of nitrogens with zero attached hydrogens (tertiary/aromatic N) is 2. The van der Waals surface area contributed by atoms with Gasteiger partial charge in [0.15, 0.2) is 11.4 Å². The van der Waals surface area contributed by atoms with Crippen molar-refractivity contribution in [3.05, 3.63) is 41.2 Å². The van der Waals surface area contributed by atoms with Gasteiger partial charge < -0.3 is 4.74 Å². The number of hydrogen-bond donors (Lipinski definition) is 0. The van der Waals surface area contributed by atoms with Gasteiger partial charge in [0, 0.05) is 0 Å². The standard InChI is InChI=1S/C12H11ClN2O2/c1-2-17-12-14-11(13)10(8-16)15(12)9-6-4-3-5-7-9/h3-8H,2H2,1H3. The maximum Gasteiger partial charge on any atom is 0.303 e. The molecule has 2 aromatic rings. The van der Waals surface area contributed by atoms with Crippen LogP contribution in [0.4, 0.5) is 0 Å². The summed E-state index contributed by atoms with van der Waals surface area (Å²) in [6, 6.07) is 9.66. The Balaban J connectivity index is 2.61. The third-order valence-corrected chi connectivity index (χ3v) is 2.51. The molecule has 0 aliphatic heterocycles. The van der Waals surface area contributed by atoms with E-state index in [2.05, 4.69) is 4.98 Å². The Hall–Kier alpha value is -1.81. The van der Waals surface area contributed by atoms with Crippen LogP contribution in [0.1, 0.15) is 17.4 Å². The van der Waals surface area contributed by atoms with Crippen LogP contribution < -0.4 is 4.74 Å². The maximum absolute atomic E-state index is 11.0. The van der Waals surface area contributed by atoms with E-state index in [0.717, 1.165) is 5.69 Å². The number of aldehydes is 1. The molecule has 0 atom stereocenters. The van der Waals surface area contributed by atoms with Crippen LogP contribution in [0.25, 0.3) is 5.69 Å². The van der Waals surface area contributed by atoms with E-state index in [1.54, 1.807) is 4.57 Å². The summed E-state index contributed by atoms with van der Waals surface area (Å²) in [4.78, 5) is 15.1. The lowest BCUT2D eigenvalue weighted by Gasteiger charge is -2.08. The Bertz CT molecular complexity index is 523. The normalized spacial score (nSPS) is 10.2. The second kappa shape index (κ2) is 5.01. The molecule has 0 aliphatic rings. The molecular formula is C12H11ClN2O2. The summed E-state index contributed by atoms with van der Waals surface area (Å²) in [5.74, 6) is 0. The number of hydrogen-bond acceptors (Lipinski definition) is 3. The summed E-state index contributed by atoms with van der Waals surface area (Å²) in [7, 11) is 0. The van der Waals surface area contributed by atoms with Crippen molar-refractivity contribution < 1.29 is 9.53 Å². The highest BCUT2D eigenvalue weighted by Gasteiger charge is 2.17. The molecule has 0 radical (unpaired) electrons. The lowest BCUT2D eigenvalue weighted by Crippen LogP contribution is -2.04.